The highest BCUT2D eigenvalue weighted by Crippen LogP contribution is 2.31. The molecule has 1 saturated heterocycles. The van der Waals surface area contributed by atoms with Gasteiger partial charge in [-0.1, -0.05) is 35.6 Å². The molecule has 3 heterocycles. The van der Waals surface area contributed by atoms with E-state index in [1.165, 1.54) is 0 Å². The highest BCUT2D eigenvalue weighted by molar-refractivity contribution is 7.20. The largest absolute Gasteiger partial charge is 0.497 e. The van der Waals surface area contributed by atoms with Crippen LogP contribution in [0.1, 0.15) is 28.9 Å². The fourth-order valence-corrected chi connectivity index (χ4v) is 4.93. The lowest BCUT2D eigenvalue weighted by Crippen LogP contribution is -2.41. The Morgan fingerprint density at radius 3 is 2.75 bits per heavy atom. The van der Waals surface area contributed by atoms with E-state index in [2.05, 4.69) is 34.2 Å². The van der Waals surface area contributed by atoms with E-state index in [1.54, 1.807) is 24.5 Å². The lowest BCUT2D eigenvalue weighted by Gasteiger charge is -2.31. The van der Waals surface area contributed by atoms with Crippen molar-refractivity contribution in [3.05, 3.63) is 59.8 Å². The summed E-state index contributed by atoms with van der Waals surface area (Å²) in [6.45, 7) is 3.34. The van der Waals surface area contributed by atoms with Crippen molar-refractivity contribution in [3.8, 4) is 22.2 Å². The number of thiazole rings is 1. The van der Waals surface area contributed by atoms with Gasteiger partial charge < -0.3 is 14.4 Å². The molecule has 0 unspecified atom stereocenters. The van der Waals surface area contributed by atoms with Gasteiger partial charge in [-0.25, -0.2) is 4.98 Å². The predicted octanol–water partition coefficient (Wildman–Crippen LogP) is 4.69. The number of carbonyl (C=O) groups excluding carboxylic acids is 1. The van der Waals surface area contributed by atoms with Crippen LogP contribution in [0.2, 0.25) is 0 Å². The number of aromatic nitrogens is 3. The number of para-hydroxylation sites is 1. The van der Waals surface area contributed by atoms with Crippen molar-refractivity contribution >= 4 is 27.5 Å². The van der Waals surface area contributed by atoms with Crippen LogP contribution in [0, 0.1) is 6.92 Å². The molecule has 1 amide bonds. The summed E-state index contributed by atoms with van der Waals surface area (Å²) >= 11 is 1.58. The molecular weight excluding hydrogens is 424 g/mol. The average molecular weight is 449 g/mol. The van der Waals surface area contributed by atoms with Gasteiger partial charge >= 0.3 is 0 Å². The molecule has 8 heteroatoms. The summed E-state index contributed by atoms with van der Waals surface area (Å²) in [6, 6.07) is 15.6. The fourth-order valence-electron chi connectivity index (χ4n) is 3.97. The van der Waals surface area contributed by atoms with Crippen molar-refractivity contribution in [2.24, 2.45) is 0 Å². The highest BCUT2D eigenvalue weighted by Gasteiger charge is 2.26. The maximum Gasteiger partial charge on any atom is 0.274 e. The van der Waals surface area contributed by atoms with Crippen LogP contribution in [0.15, 0.2) is 48.5 Å². The Morgan fingerprint density at radius 2 is 1.97 bits per heavy atom. The van der Waals surface area contributed by atoms with Gasteiger partial charge in [0.1, 0.15) is 17.5 Å². The number of rotatable bonds is 5. The van der Waals surface area contributed by atoms with E-state index in [0.717, 1.165) is 45.6 Å². The van der Waals surface area contributed by atoms with Crippen molar-refractivity contribution in [3.63, 3.8) is 0 Å². The van der Waals surface area contributed by atoms with Crippen LogP contribution >= 0.6 is 11.3 Å². The number of fused-ring (bicyclic) bond motifs is 1. The maximum atomic E-state index is 13.0. The lowest BCUT2D eigenvalue weighted by molar-refractivity contribution is 0.0590. The van der Waals surface area contributed by atoms with Gasteiger partial charge in [0.2, 0.25) is 0 Å². The van der Waals surface area contributed by atoms with Gasteiger partial charge in [0.05, 0.1) is 23.0 Å². The monoisotopic (exact) mass is 448 g/mol. The number of piperidine rings is 1. The summed E-state index contributed by atoms with van der Waals surface area (Å²) < 4.78 is 12.6. The normalized spacial score (nSPS) is 14.6. The van der Waals surface area contributed by atoms with Crippen molar-refractivity contribution in [1.82, 2.24) is 20.1 Å². The second-order valence-corrected chi connectivity index (χ2v) is 8.90. The van der Waals surface area contributed by atoms with Gasteiger partial charge in [-0.05, 0) is 36.8 Å². The average Bonchev–Trinajstić information content (AvgIpc) is 3.47. The Kier molecular flexibility index (Phi) is 5.53. The Morgan fingerprint density at radius 1 is 1.16 bits per heavy atom. The predicted molar refractivity (Wildman–Crippen MR) is 124 cm³/mol. The van der Waals surface area contributed by atoms with E-state index in [1.807, 2.05) is 35.2 Å². The first-order chi connectivity index (χ1) is 15.6. The third kappa shape index (κ3) is 4.05. The lowest BCUT2D eigenvalue weighted by atomic mass is 10.1. The van der Waals surface area contributed by atoms with E-state index in [9.17, 15) is 4.79 Å². The van der Waals surface area contributed by atoms with Gasteiger partial charge in [-0.3, -0.25) is 9.89 Å². The smallest absolute Gasteiger partial charge is 0.274 e. The number of benzene rings is 2. The molecule has 2 aromatic carbocycles. The number of aryl methyl sites for hydroxylation is 1. The molecule has 1 aliphatic rings. The van der Waals surface area contributed by atoms with Crippen LogP contribution in [0.25, 0.3) is 21.5 Å². The van der Waals surface area contributed by atoms with Crippen molar-refractivity contribution in [2.45, 2.75) is 25.9 Å². The number of H-pyrrole nitrogens is 1. The number of amides is 1. The second-order valence-electron chi connectivity index (χ2n) is 7.91. The first-order valence-electron chi connectivity index (χ1n) is 10.6. The fraction of sp³-hybridized carbons (Fsp3) is 0.292. The molecule has 7 nitrogen and oxygen atoms in total. The molecule has 4 aromatic rings. The maximum absolute atomic E-state index is 13.0. The molecular formula is C24H24N4O3S. The number of likely N-dealkylation sites (tertiary alicyclic amines) is 1. The summed E-state index contributed by atoms with van der Waals surface area (Å²) in [5.74, 6) is 0.712. The number of hydrogen-bond acceptors (Lipinski definition) is 6. The minimum atomic E-state index is -0.0410. The SMILES string of the molecule is COc1cccc(-c2cc(C(=O)N3CCC(Oc4nc5c(C)cccc5s4)CC3)[nH]n2)c1. The molecule has 5 rings (SSSR count). The van der Waals surface area contributed by atoms with Crippen LogP contribution < -0.4 is 9.47 Å². The number of ether oxygens (including phenoxy) is 2. The highest BCUT2D eigenvalue weighted by atomic mass is 32.1. The molecule has 0 atom stereocenters. The number of methoxy groups -OCH3 is 1. The van der Waals surface area contributed by atoms with Crippen LogP contribution in [0.3, 0.4) is 0 Å². The molecule has 32 heavy (non-hydrogen) atoms. The van der Waals surface area contributed by atoms with Gasteiger partial charge in [-0.2, -0.15) is 5.10 Å². The summed E-state index contributed by atoms with van der Waals surface area (Å²) in [4.78, 5) is 19.5. The van der Waals surface area contributed by atoms with Gasteiger partial charge in [0.25, 0.3) is 11.1 Å². The molecule has 0 bridgehead atoms. The van der Waals surface area contributed by atoms with Crippen molar-refractivity contribution in [1.29, 1.82) is 0 Å². The molecule has 0 aliphatic carbocycles. The standard InChI is InChI=1S/C24H24N4O3S/c1-15-5-3-8-21-22(15)25-24(32-21)31-17-9-11-28(12-10-17)23(29)20-14-19(26-27-20)16-6-4-7-18(13-16)30-2/h3-8,13-14,17H,9-12H2,1-2H3,(H,26,27). The van der Waals surface area contributed by atoms with E-state index in [4.69, 9.17) is 9.47 Å². The Balaban J connectivity index is 1.21. The molecule has 0 radical (unpaired) electrons. The molecule has 0 saturated carbocycles. The molecule has 1 aliphatic heterocycles. The zero-order valence-corrected chi connectivity index (χ0v) is 18.8. The van der Waals surface area contributed by atoms with E-state index < -0.39 is 0 Å². The quantitative estimate of drug-likeness (QED) is 0.479. The zero-order chi connectivity index (χ0) is 22.1. The van der Waals surface area contributed by atoms with Crippen LogP contribution in [-0.4, -0.2) is 52.3 Å². The Hall–Kier alpha value is -3.39. The van der Waals surface area contributed by atoms with Gasteiger partial charge in [0.15, 0.2) is 0 Å². The van der Waals surface area contributed by atoms with Crippen LogP contribution in [0.4, 0.5) is 0 Å². The number of carbonyl (C=O) groups is 1. The summed E-state index contributed by atoms with van der Waals surface area (Å²) in [6.07, 6.45) is 1.61. The topological polar surface area (TPSA) is 80.3 Å². The molecule has 1 fully saturated rings. The minimum absolute atomic E-state index is 0.0410. The van der Waals surface area contributed by atoms with Gasteiger partial charge in [-0.15, -0.1) is 0 Å². The van der Waals surface area contributed by atoms with Crippen LogP contribution in [0.5, 0.6) is 10.9 Å². The first-order valence-corrected chi connectivity index (χ1v) is 11.4. The molecule has 164 valence electrons. The Bertz CT molecular complexity index is 1260. The molecule has 0 spiro atoms. The van der Waals surface area contributed by atoms with Crippen molar-refractivity contribution in [2.75, 3.05) is 20.2 Å². The number of aromatic amines is 1. The number of nitrogens with zero attached hydrogens (tertiary/aromatic N) is 3. The third-order valence-corrected chi connectivity index (χ3v) is 6.68. The van der Waals surface area contributed by atoms with E-state index in [0.29, 0.717) is 24.0 Å². The first kappa shape index (κ1) is 20.5. The summed E-state index contributed by atoms with van der Waals surface area (Å²) in [5.41, 5.74) is 4.27. The van der Waals surface area contributed by atoms with E-state index in [-0.39, 0.29) is 12.0 Å². The van der Waals surface area contributed by atoms with E-state index >= 15 is 0 Å². The second kappa shape index (κ2) is 8.63. The van der Waals surface area contributed by atoms with Crippen LogP contribution in [-0.2, 0) is 0 Å². The van der Waals surface area contributed by atoms with Gasteiger partial charge in [0, 0.05) is 31.5 Å². The molecule has 1 N–H and O–H groups in total. The zero-order valence-electron chi connectivity index (χ0n) is 18.0. The third-order valence-electron chi connectivity index (χ3n) is 5.77. The number of hydrogen-bond donors (Lipinski definition) is 1. The summed E-state index contributed by atoms with van der Waals surface area (Å²) in [7, 11) is 1.63. The minimum Gasteiger partial charge on any atom is -0.497 e. The Labute approximate surface area is 190 Å². The number of nitrogens with one attached hydrogen (secondary N) is 1. The molecule has 2 aromatic heterocycles. The summed E-state index contributed by atoms with van der Waals surface area (Å²) in [5, 5.41) is 7.91. The van der Waals surface area contributed by atoms with Crippen molar-refractivity contribution < 1.29 is 14.3 Å².